The van der Waals surface area contributed by atoms with Crippen molar-refractivity contribution >= 4 is 11.0 Å². The van der Waals surface area contributed by atoms with Crippen LogP contribution in [0.4, 0.5) is 0 Å². The SMILES string of the molecule is CCOc1c(-c2ccco2)oc2c(C)cc(C)cc2c1=O. The molecule has 2 heterocycles. The first kappa shape index (κ1) is 13.5. The zero-order valence-corrected chi connectivity index (χ0v) is 12.2. The highest BCUT2D eigenvalue weighted by atomic mass is 16.5. The van der Waals surface area contributed by atoms with Crippen molar-refractivity contribution in [2.75, 3.05) is 6.61 Å². The van der Waals surface area contributed by atoms with Crippen LogP contribution in [0.3, 0.4) is 0 Å². The lowest BCUT2D eigenvalue weighted by Crippen LogP contribution is -2.10. The van der Waals surface area contributed by atoms with Gasteiger partial charge in [0.2, 0.25) is 16.9 Å². The molecule has 0 unspecified atom stereocenters. The van der Waals surface area contributed by atoms with Gasteiger partial charge in [0.1, 0.15) is 5.58 Å². The quantitative estimate of drug-likeness (QED) is 0.727. The van der Waals surface area contributed by atoms with Crippen molar-refractivity contribution < 1.29 is 13.6 Å². The van der Waals surface area contributed by atoms with Gasteiger partial charge >= 0.3 is 0 Å². The number of ether oxygens (including phenoxy) is 1. The van der Waals surface area contributed by atoms with E-state index >= 15 is 0 Å². The van der Waals surface area contributed by atoms with Crippen molar-refractivity contribution in [3.63, 3.8) is 0 Å². The molecule has 0 N–H and O–H groups in total. The summed E-state index contributed by atoms with van der Waals surface area (Å²) in [6.45, 7) is 6.09. The Morgan fingerprint density at radius 1 is 1.24 bits per heavy atom. The highest BCUT2D eigenvalue weighted by Gasteiger charge is 2.20. The lowest BCUT2D eigenvalue weighted by Gasteiger charge is -2.10. The van der Waals surface area contributed by atoms with E-state index in [1.54, 1.807) is 12.1 Å². The van der Waals surface area contributed by atoms with Gasteiger partial charge in [-0.1, -0.05) is 6.07 Å². The molecule has 0 aliphatic heterocycles. The maximum Gasteiger partial charge on any atom is 0.235 e. The van der Waals surface area contributed by atoms with Gasteiger partial charge in [0.15, 0.2) is 5.76 Å². The Balaban J connectivity index is 2.42. The van der Waals surface area contributed by atoms with Gasteiger partial charge in [-0.25, -0.2) is 0 Å². The summed E-state index contributed by atoms with van der Waals surface area (Å²) in [6, 6.07) is 7.30. The second-order valence-electron chi connectivity index (χ2n) is 4.96. The fourth-order valence-electron chi connectivity index (χ4n) is 2.48. The van der Waals surface area contributed by atoms with Crippen molar-refractivity contribution in [1.29, 1.82) is 0 Å². The molecule has 0 saturated carbocycles. The zero-order valence-electron chi connectivity index (χ0n) is 12.2. The molecule has 0 aliphatic rings. The summed E-state index contributed by atoms with van der Waals surface area (Å²) in [4.78, 5) is 12.7. The Bertz CT molecular complexity index is 841. The van der Waals surface area contributed by atoms with Gasteiger partial charge in [0.25, 0.3) is 0 Å². The number of hydrogen-bond acceptors (Lipinski definition) is 4. The summed E-state index contributed by atoms with van der Waals surface area (Å²) in [5.41, 5.74) is 2.33. The van der Waals surface area contributed by atoms with Crippen LogP contribution in [0.2, 0.25) is 0 Å². The van der Waals surface area contributed by atoms with E-state index < -0.39 is 0 Å². The third-order valence-electron chi connectivity index (χ3n) is 3.31. The highest BCUT2D eigenvalue weighted by Crippen LogP contribution is 2.32. The van der Waals surface area contributed by atoms with E-state index in [4.69, 9.17) is 13.6 Å². The number of fused-ring (bicyclic) bond motifs is 1. The number of furan rings is 1. The molecule has 2 aromatic heterocycles. The van der Waals surface area contributed by atoms with Crippen LogP contribution in [-0.2, 0) is 0 Å². The third kappa shape index (κ3) is 2.23. The number of rotatable bonds is 3. The molecule has 0 saturated heterocycles. The third-order valence-corrected chi connectivity index (χ3v) is 3.31. The van der Waals surface area contributed by atoms with Crippen molar-refractivity contribution in [3.8, 4) is 17.3 Å². The molecule has 21 heavy (non-hydrogen) atoms. The Morgan fingerprint density at radius 2 is 2.05 bits per heavy atom. The maximum absolute atomic E-state index is 12.7. The fourth-order valence-corrected chi connectivity index (χ4v) is 2.48. The molecule has 3 aromatic rings. The molecule has 1 aromatic carbocycles. The predicted molar refractivity (Wildman–Crippen MR) is 80.8 cm³/mol. The van der Waals surface area contributed by atoms with E-state index in [1.165, 1.54) is 6.26 Å². The number of benzene rings is 1. The first-order valence-corrected chi connectivity index (χ1v) is 6.86. The van der Waals surface area contributed by atoms with E-state index in [1.807, 2.05) is 32.9 Å². The first-order valence-electron chi connectivity index (χ1n) is 6.86. The molecule has 0 atom stereocenters. The van der Waals surface area contributed by atoms with E-state index in [2.05, 4.69) is 0 Å². The van der Waals surface area contributed by atoms with Crippen LogP contribution in [0, 0.1) is 13.8 Å². The molecular weight excluding hydrogens is 268 g/mol. The highest BCUT2D eigenvalue weighted by molar-refractivity contribution is 5.84. The molecule has 4 heteroatoms. The molecule has 0 spiro atoms. The average molecular weight is 284 g/mol. The second kappa shape index (κ2) is 5.13. The van der Waals surface area contributed by atoms with Gasteiger partial charge in [0, 0.05) is 0 Å². The van der Waals surface area contributed by atoms with Crippen LogP contribution in [0.5, 0.6) is 5.75 Å². The predicted octanol–water partition coefficient (Wildman–Crippen LogP) is 4.07. The van der Waals surface area contributed by atoms with Crippen LogP contribution in [0.1, 0.15) is 18.1 Å². The zero-order chi connectivity index (χ0) is 15.0. The summed E-state index contributed by atoms with van der Waals surface area (Å²) in [7, 11) is 0. The summed E-state index contributed by atoms with van der Waals surface area (Å²) in [5.74, 6) is 1.02. The Kier molecular flexibility index (Phi) is 3.29. The summed E-state index contributed by atoms with van der Waals surface area (Å²) in [5, 5.41) is 0.534. The van der Waals surface area contributed by atoms with Crippen LogP contribution in [-0.4, -0.2) is 6.61 Å². The fraction of sp³-hybridized carbons (Fsp3) is 0.235. The summed E-state index contributed by atoms with van der Waals surface area (Å²) in [6.07, 6.45) is 1.54. The van der Waals surface area contributed by atoms with Gasteiger partial charge < -0.3 is 13.6 Å². The van der Waals surface area contributed by atoms with E-state index in [9.17, 15) is 4.79 Å². The van der Waals surface area contributed by atoms with Gasteiger partial charge in [-0.05, 0) is 50.1 Å². The Labute approximate surface area is 122 Å². The summed E-state index contributed by atoms with van der Waals surface area (Å²) >= 11 is 0. The van der Waals surface area contributed by atoms with Crippen LogP contribution in [0.15, 0.2) is 44.2 Å². The molecule has 4 nitrogen and oxygen atoms in total. The van der Waals surface area contributed by atoms with Gasteiger partial charge in [-0.2, -0.15) is 0 Å². The smallest absolute Gasteiger partial charge is 0.235 e. The lowest BCUT2D eigenvalue weighted by molar-refractivity contribution is 0.328. The molecule has 3 rings (SSSR count). The maximum atomic E-state index is 12.7. The standard InChI is InChI=1S/C17H16O4/c1-4-19-17-14(18)12-9-10(2)8-11(3)15(12)21-16(17)13-6-5-7-20-13/h5-9H,4H2,1-3H3. The van der Waals surface area contributed by atoms with Gasteiger partial charge in [0.05, 0.1) is 18.3 Å². The van der Waals surface area contributed by atoms with Gasteiger partial charge in [-0.3, -0.25) is 4.79 Å². The van der Waals surface area contributed by atoms with E-state index in [0.717, 1.165) is 11.1 Å². The largest absolute Gasteiger partial charge is 0.486 e. The van der Waals surface area contributed by atoms with Crippen LogP contribution < -0.4 is 10.2 Å². The molecule has 0 radical (unpaired) electrons. The molecule has 0 bridgehead atoms. The van der Waals surface area contributed by atoms with E-state index in [0.29, 0.717) is 29.1 Å². The minimum atomic E-state index is -0.170. The van der Waals surface area contributed by atoms with E-state index in [-0.39, 0.29) is 11.2 Å². The molecule has 0 fully saturated rings. The van der Waals surface area contributed by atoms with Gasteiger partial charge in [-0.15, -0.1) is 0 Å². The molecule has 0 amide bonds. The van der Waals surface area contributed by atoms with Crippen LogP contribution in [0.25, 0.3) is 22.5 Å². The second-order valence-corrected chi connectivity index (χ2v) is 4.96. The molecular formula is C17H16O4. The monoisotopic (exact) mass is 284 g/mol. The minimum Gasteiger partial charge on any atom is -0.486 e. The lowest BCUT2D eigenvalue weighted by atomic mass is 10.1. The average Bonchev–Trinajstić information content (AvgIpc) is 2.96. The Hall–Kier alpha value is -2.49. The normalized spacial score (nSPS) is 11.0. The molecule has 108 valence electrons. The number of hydrogen-bond donors (Lipinski definition) is 0. The van der Waals surface area contributed by atoms with Crippen molar-refractivity contribution in [1.82, 2.24) is 0 Å². The van der Waals surface area contributed by atoms with Crippen LogP contribution >= 0.6 is 0 Å². The van der Waals surface area contributed by atoms with Crippen molar-refractivity contribution in [3.05, 3.63) is 51.9 Å². The Morgan fingerprint density at radius 3 is 2.71 bits per heavy atom. The molecule has 0 aliphatic carbocycles. The van der Waals surface area contributed by atoms with Crippen molar-refractivity contribution in [2.24, 2.45) is 0 Å². The first-order chi connectivity index (χ1) is 10.1. The summed E-state index contributed by atoms with van der Waals surface area (Å²) < 4.78 is 16.8. The topological polar surface area (TPSA) is 52.6 Å². The number of aryl methyl sites for hydroxylation is 2. The minimum absolute atomic E-state index is 0.170. The van der Waals surface area contributed by atoms with Crippen molar-refractivity contribution in [2.45, 2.75) is 20.8 Å².